The Hall–Kier alpha value is -1.66. The van der Waals surface area contributed by atoms with Gasteiger partial charge in [0.15, 0.2) is 0 Å². The van der Waals surface area contributed by atoms with Crippen LogP contribution in [0.2, 0.25) is 5.02 Å². The quantitative estimate of drug-likeness (QED) is 0.546. The van der Waals surface area contributed by atoms with E-state index in [1.807, 2.05) is 13.0 Å². The number of hydrogen-bond donors (Lipinski definition) is 1. The molecule has 0 unspecified atom stereocenters. The normalized spacial score (nSPS) is 34.5. The molecule has 0 aromatic heterocycles. The molecule has 1 aromatic carbocycles. The minimum atomic E-state index is -0.235. The molecule has 2 bridgehead atoms. The summed E-state index contributed by atoms with van der Waals surface area (Å²) in [5.74, 6) is 0.767. The zero-order valence-corrected chi connectivity index (χ0v) is 17.7. The molecule has 3 fully saturated rings. The Bertz CT molecular complexity index is 910. The molecule has 1 N–H and O–H groups in total. The number of benzene rings is 1. The number of carbonyl (C=O) groups is 3. The van der Waals surface area contributed by atoms with E-state index in [9.17, 15) is 14.4 Å². The Balaban J connectivity index is 1.25. The lowest BCUT2D eigenvalue weighted by atomic mass is 9.63. The molecule has 6 atom stereocenters. The summed E-state index contributed by atoms with van der Waals surface area (Å²) in [6.45, 7) is 2.01. The molecule has 5 aliphatic rings. The van der Waals surface area contributed by atoms with E-state index in [2.05, 4.69) is 33.4 Å². The van der Waals surface area contributed by atoms with Gasteiger partial charge in [0.05, 0.1) is 16.9 Å². The third-order valence-corrected chi connectivity index (χ3v) is 8.06. The van der Waals surface area contributed by atoms with Crippen molar-refractivity contribution in [2.45, 2.75) is 19.8 Å². The summed E-state index contributed by atoms with van der Waals surface area (Å²) in [6, 6.07) is 3.53. The minimum Gasteiger partial charge on any atom is -0.326 e. The molecule has 1 aliphatic heterocycles. The van der Waals surface area contributed by atoms with E-state index in [1.165, 1.54) is 4.90 Å². The van der Waals surface area contributed by atoms with Crippen molar-refractivity contribution in [3.63, 3.8) is 0 Å². The Morgan fingerprint density at radius 2 is 1.79 bits per heavy atom. The highest BCUT2D eigenvalue weighted by Gasteiger charge is 2.66. The number of imide groups is 1. The van der Waals surface area contributed by atoms with Crippen molar-refractivity contribution in [1.29, 1.82) is 0 Å². The molecule has 4 aliphatic carbocycles. The molecule has 1 heterocycles. The average Bonchev–Trinajstić information content (AvgIpc) is 3.43. The van der Waals surface area contributed by atoms with Gasteiger partial charge in [-0.25, -0.2) is 0 Å². The number of halogens is 2. The predicted molar refractivity (Wildman–Crippen MR) is 109 cm³/mol. The number of rotatable bonds is 4. The van der Waals surface area contributed by atoms with Gasteiger partial charge >= 0.3 is 0 Å². The van der Waals surface area contributed by atoms with Crippen molar-refractivity contribution in [2.24, 2.45) is 35.5 Å². The van der Waals surface area contributed by atoms with E-state index < -0.39 is 0 Å². The number of hydrogen-bond acceptors (Lipinski definition) is 3. The fourth-order valence-corrected chi connectivity index (χ4v) is 6.07. The fourth-order valence-electron chi connectivity index (χ4n) is 5.45. The van der Waals surface area contributed by atoms with Gasteiger partial charge in [0.2, 0.25) is 17.7 Å². The third kappa shape index (κ3) is 2.68. The summed E-state index contributed by atoms with van der Waals surface area (Å²) in [5.41, 5.74) is 1.51. The third-order valence-electron chi connectivity index (χ3n) is 6.86. The van der Waals surface area contributed by atoms with Gasteiger partial charge in [-0.15, -0.1) is 0 Å². The second-order valence-electron chi connectivity index (χ2n) is 8.36. The molecule has 5 nitrogen and oxygen atoms in total. The topological polar surface area (TPSA) is 66.5 Å². The largest absolute Gasteiger partial charge is 0.326 e. The van der Waals surface area contributed by atoms with Crippen LogP contribution in [0, 0.1) is 42.4 Å². The number of anilines is 1. The van der Waals surface area contributed by atoms with Crippen LogP contribution < -0.4 is 5.32 Å². The van der Waals surface area contributed by atoms with Gasteiger partial charge < -0.3 is 5.32 Å². The summed E-state index contributed by atoms with van der Waals surface area (Å²) in [5, 5.41) is 3.34. The van der Waals surface area contributed by atoms with Crippen LogP contribution in [0.15, 0.2) is 28.8 Å². The van der Waals surface area contributed by atoms with Crippen LogP contribution in [0.4, 0.5) is 5.69 Å². The Labute approximate surface area is 176 Å². The number of nitrogens with one attached hydrogen (secondary N) is 1. The highest BCUT2D eigenvalue weighted by atomic mass is 79.9. The van der Waals surface area contributed by atoms with E-state index in [-0.39, 0.29) is 54.4 Å². The lowest BCUT2D eigenvalue weighted by molar-refractivity contribution is -0.140. The summed E-state index contributed by atoms with van der Waals surface area (Å²) in [6.07, 6.45) is 5.54. The highest BCUT2D eigenvalue weighted by molar-refractivity contribution is 9.10. The second kappa shape index (κ2) is 6.42. The number of carbonyl (C=O) groups excluding carboxylic acids is 3. The van der Waals surface area contributed by atoms with Crippen LogP contribution in [0.25, 0.3) is 0 Å². The lowest BCUT2D eigenvalue weighted by Crippen LogP contribution is -2.40. The first-order chi connectivity index (χ1) is 13.4. The Kier molecular flexibility index (Phi) is 4.22. The zero-order valence-electron chi connectivity index (χ0n) is 15.3. The maximum absolute atomic E-state index is 12.9. The standard InChI is InChI=1S/C21H20BrClN2O3/c1-9-6-14(22)15(23)8-16(9)24-17(26)4-5-25-20(27)18-10-2-3-11(13-7-12(10)13)19(18)21(25)28/h2-3,6,8,10-13,18-19H,4-5,7H2,1H3,(H,24,26)/t10-,11+,12-,13-,18+,19-/m1/s1. The average molecular weight is 464 g/mol. The van der Waals surface area contributed by atoms with E-state index >= 15 is 0 Å². The van der Waals surface area contributed by atoms with Crippen molar-refractivity contribution in [3.05, 3.63) is 39.3 Å². The number of likely N-dealkylation sites (tertiary alicyclic amines) is 1. The molecule has 1 saturated heterocycles. The van der Waals surface area contributed by atoms with Crippen LogP contribution in [0.5, 0.6) is 0 Å². The molecule has 6 rings (SSSR count). The van der Waals surface area contributed by atoms with Gasteiger partial charge in [-0.05, 0) is 70.6 Å². The van der Waals surface area contributed by atoms with Crippen LogP contribution >= 0.6 is 27.5 Å². The highest BCUT2D eigenvalue weighted by Crippen LogP contribution is 2.65. The molecule has 1 aromatic rings. The Morgan fingerprint density at radius 3 is 2.39 bits per heavy atom. The van der Waals surface area contributed by atoms with Crippen molar-refractivity contribution in [1.82, 2.24) is 4.90 Å². The molecule has 2 saturated carbocycles. The van der Waals surface area contributed by atoms with Crippen molar-refractivity contribution in [2.75, 3.05) is 11.9 Å². The van der Waals surface area contributed by atoms with Crippen molar-refractivity contribution in [3.8, 4) is 0 Å². The number of amides is 3. The summed E-state index contributed by atoms with van der Waals surface area (Å²) in [4.78, 5) is 39.6. The monoisotopic (exact) mass is 462 g/mol. The predicted octanol–water partition coefficient (Wildman–Crippen LogP) is 3.79. The summed E-state index contributed by atoms with van der Waals surface area (Å²) >= 11 is 9.46. The molecule has 0 radical (unpaired) electrons. The molecular formula is C21H20BrClN2O3. The van der Waals surface area contributed by atoms with E-state index in [4.69, 9.17) is 11.6 Å². The molecule has 146 valence electrons. The van der Waals surface area contributed by atoms with Gasteiger partial charge in [0.25, 0.3) is 0 Å². The van der Waals surface area contributed by atoms with Crippen LogP contribution in [-0.2, 0) is 14.4 Å². The minimum absolute atomic E-state index is 0.0830. The van der Waals surface area contributed by atoms with Gasteiger partial charge in [-0.1, -0.05) is 23.8 Å². The molecule has 3 amide bonds. The first-order valence-electron chi connectivity index (χ1n) is 9.66. The molecular weight excluding hydrogens is 444 g/mol. The lowest BCUT2D eigenvalue weighted by Gasteiger charge is -2.37. The SMILES string of the molecule is Cc1cc(Br)c(Cl)cc1NC(=O)CCN1C(=O)[C@@H]2[C@H]3C=C[C@H]([C@H]4C[C@H]34)[C@@H]2C1=O. The van der Waals surface area contributed by atoms with E-state index in [0.29, 0.717) is 22.5 Å². The van der Waals surface area contributed by atoms with Crippen molar-refractivity contribution < 1.29 is 14.4 Å². The maximum atomic E-state index is 12.9. The maximum Gasteiger partial charge on any atom is 0.233 e. The zero-order chi connectivity index (χ0) is 19.7. The van der Waals surface area contributed by atoms with Gasteiger partial charge in [-0.2, -0.15) is 0 Å². The van der Waals surface area contributed by atoms with Gasteiger partial charge in [0.1, 0.15) is 0 Å². The van der Waals surface area contributed by atoms with E-state index in [0.717, 1.165) is 16.5 Å². The first kappa shape index (κ1) is 18.4. The molecule has 28 heavy (non-hydrogen) atoms. The van der Waals surface area contributed by atoms with E-state index in [1.54, 1.807) is 6.07 Å². The number of aryl methyl sites for hydroxylation is 1. The van der Waals surface area contributed by atoms with Crippen LogP contribution in [-0.4, -0.2) is 29.2 Å². The van der Waals surface area contributed by atoms with Gasteiger partial charge in [-0.3, -0.25) is 19.3 Å². The van der Waals surface area contributed by atoms with Crippen LogP contribution in [0.3, 0.4) is 0 Å². The Morgan fingerprint density at radius 1 is 1.18 bits per heavy atom. The fraction of sp³-hybridized carbons (Fsp3) is 0.476. The van der Waals surface area contributed by atoms with Gasteiger partial charge in [0, 0.05) is 23.1 Å². The molecule has 0 spiro atoms. The summed E-state index contributed by atoms with van der Waals surface area (Å²) in [7, 11) is 0. The van der Waals surface area contributed by atoms with Crippen LogP contribution in [0.1, 0.15) is 18.4 Å². The number of nitrogens with zero attached hydrogens (tertiary/aromatic N) is 1. The second-order valence-corrected chi connectivity index (χ2v) is 9.62. The van der Waals surface area contributed by atoms with Crippen molar-refractivity contribution >= 4 is 50.9 Å². The number of allylic oxidation sites excluding steroid dienone is 2. The summed E-state index contributed by atoms with van der Waals surface area (Å²) < 4.78 is 0.766. The first-order valence-corrected chi connectivity index (χ1v) is 10.8. The molecule has 7 heteroatoms. The smallest absolute Gasteiger partial charge is 0.233 e.